The molecule has 0 aromatic heterocycles. The van der Waals surface area contributed by atoms with Gasteiger partial charge in [-0.3, -0.25) is 11.3 Å². The lowest BCUT2D eigenvalue weighted by molar-refractivity contribution is -0.137. The van der Waals surface area contributed by atoms with Gasteiger partial charge in [-0.2, -0.15) is 13.2 Å². The number of hydrazine groups is 1. The van der Waals surface area contributed by atoms with Crippen molar-refractivity contribution < 1.29 is 13.2 Å². The van der Waals surface area contributed by atoms with Gasteiger partial charge in [0.1, 0.15) is 0 Å². The first-order valence-electron chi connectivity index (χ1n) is 4.56. The molecule has 1 atom stereocenters. The maximum Gasteiger partial charge on any atom is 0.389 e. The molecule has 3 N–H and O–H groups in total. The molecule has 1 fully saturated rings. The van der Waals surface area contributed by atoms with Crippen LogP contribution in [0.5, 0.6) is 0 Å². The lowest BCUT2D eigenvalue weighted by atomic mass is 9.78. The molecule has 0 aliphatic heterocycles. The van der Waals surface area contributed by atoms with Gasteiger partial charge in [-0.1, -0.05) is 6.42 Å². The number of nitrogens with one attached hydrogen (secondary N) is 1. The zero-order valence-electron chi connectivity index (χ0n) is 7.40. The average molecular weight is 196 g/mol. The summed E-state index contributed by atoms with van der Waals surface area (Å²) in [5, 5.41) is 0. The number of halogens is 3. The average Bonchev–Trinajstić information content (AvgIpc) is 1.91. The van der Waals surface area contributed by atoms with Crippen molar-refractivity contribution in [3.8, 4) is 0 Å². The molecular formula is C8H15F3N2. The van der Waals surface area contributed by atoms with Gasteiger partial charge in [-0.25, -0.2) is 0 Å². The molecular weight excluding hydrogens is 181 g/mol. The molecule has 0 heterocycles. The van der Waals surface area contributed by atoms with Crippen molar-refractivity contribution >= 4 is 0 Å². The van der Waals surface area contributed by atoms with Crippen molar-refractivity contribution in [2.24, 2.45) is 11.8 Å². The predicted molar refractivity (Wildman–Crippen MR) is 43.7 cm³/mol. The van der Waals surface area contributed by atoms with E-state index in [1.165, 1.54) is 0 Å². The third kappa shape index (κ3) is 3.52. The highest BCUT2D eigenvalue weighted by atomic mass is 19.4. The third-order valence-corrected chi connectivity index (χ3v) is 2.67. The molecule has 0 radical (unpaired) electrons. The molecule has 1 rings (SSSR count). The van der Waals surface area contributed by atoms with E-state index in [1.54, 1.807) is 0 Å². The Labute approximate surface area is 75.6 Å². The molecule has 0 spiro atoms. The third-order valence-electron chi connectivity index (χ3n) is 2.67. The minimum absolute atomic E-state index is 0.102. The van der Waals surface area contributed by atoms with Crippen LogP contribution in [0.4, 0.5) is 13.2 Å². The van der Waals surface area contributed by atoms with Gasteiger partial charge in [-0.15, -0.1) is 0 Å². The van der Waals surface area contributed by atoms with E-state index >= 15 is 0 Å². The molecule has 1 unspecified atom stereocenters. The standard InChI is InChI=1S/C8H15F3N2/c9-8(10,11)5-4-7(13-12)6-2-1-3-6/h6-7,13H,1-5,12H2. The quantitative estimate of drug-likeness (QED) is 0.533. The minimum Gasteiger partial charge on any atom is -0.271 e. The minimum atomic E-state index is -4.06. The molecule has 5 heteroatoms. The molecule has 0 amide bonds. The summed E-state index contributed by atoms with van der Waals surface area (Å²) in [5.74, 6) is 5.55. The zero-order valence-corrected chi connectivity index (χ0v) is 7.40. The van der Waals surface area contributed by atoms with Gasteiger partial charge in [0.15, 0.2) is 0 Å². The maximum absolute atomic E-state index is 11.9. The highest BCUT2D eigenvalue weighted by Gasteiger charge is 2.32. The predicted octanol–water partition coefficient (Wildman–Crippen LogP) is 1.96. The van der Waals surface area contributed by atoms with Crippen molar-refractivity contribution in [2.45, 2.75) is 44.3 Å². The fourth-order valence-electron chi connectivity index (χ4n) is 1.62. The summed E-state index contributed by atoms with van der Waals surface area (Å²) in [6.45, 7) is 0. The second kappa shape index (κ2) is 4.28. The SMILES string of the molecule is NNC(CCC(F)(F)F)C1CCC1. The number of hydrogen-bond acceptors (Lipinski definition) is 2. The first-order chi connectivity index (χ1) is 6.03. The van der Waals surface area contributed by atoms with Gasteiger partial charge in [0.2, 0.25) is 0 Å². The summed E-state index contributed by atoms with van der Waals surface area (Å²) in [5.41, 5.74) is 2.48. The van der Waals surface area contributed by atoms with Crippen LogP contribution in [0, 0.1) is 5.92 Å². The Kier molecular flexibility index (Phi) is 3.55. The zero-order chi connectivity index (χ0) is 9.90. The van der Waals surface area contributed by atoms with E-state index in [0.29, 0.717) is 5.92 Å². The fraction of sp³-hybridized carbons (Fsp3) is 1.00. The Hall–Kier alpha value is -0.290. The molecule has 78 valence electrons. The van der Waals surface area contributed by atoms with Crippen molar-refractivity contribution in [1.29, 1.82) is 0 Å². The lowest BCUT2D eigenvalue weighted by Gasteiger charge is -2.33. The van der Waals surface area contributed by atoms with Crippen molar-refractivity contribution in [3.63, 3.8) is 0 Å². The molecule has 0 saturated heterocycles. The van der Waals surface area contributed by atoms with E-state index in [-0.39, 0.29) is 12.5 Å². The number of nitrogens with two attached hydrogens (primary N) is 1. The van der Waals surface area contributed by atoms with Crippen molar-refractivity contribution in [1.82, 2.24) is 5.43 Å². The van der Waals surface area contributed by atoms with Crippen LogP contribution in [0.25, 0.3) is 0 Å². The first-order valence-corrected chi connectivity index (χ1v) is 4.56. The second-order valence-electron chi connectivity index (χ2n) is 3.62. The van der Waals surface area contributed by atoms with Crippen LogP contribution in [-0.4, -0.2) is 12.2 Å². The topological polar surface area (TPSA) is 38.0 Å². The molecule has 2 nitrogen and oxygen atoms in total. The van der Waals surface area contributed by atoms with Crippen molar-refractivity contribution in [2.75, 3.05) is 0 Å². The van der Waals surface area contributed by atoms with E-state index in [0.717, 1.165) is 19.3 Å². The Morgan fingerprint density at radius 3 is 2.31 bits per heavy atom. The monoisotopic (exact) mass is 196 g/mol. The van der Waals surface area contributed by atoms with Crippen LogP contribution in [0.2, 0.25) is 0 Å². The van der Waals surface area contributed by atoms with E-state index in [1.807, 2.05) is 0 Å². The summed E-state index contributed by atoms with van der Waals surface area (Å²) in [6.07, 6.45) is -1.56. The van der Waals surface area contributed by atoms with Gasteiger partial charge in [0, 0.05) is 12.5 Å². The summed E-state index contributed by atoms with van der Waals surface area (Å²) >= 11 is 0. The summed E-state index contributed by atoms with van der Waals surface area (Å²) in [7, 11) is 0. The van der Waals surface area contributed by atoms with E-state index < -0.39 is 12.6 Å². The first kappa shape index (κ1) is 10.8. The molecule has 0 bridgehead atoms. The Bertz CT molecular complexity index is 154. The van der Waals surface area contributed by atoms with Crippen LogP contribution in [-0.2, 0) is 0 Å². The number of rotatable bonds is 4. The molecule has 1 saturated carbocycles. The summed E-state index contributed by atoms with van der Waals surface area (Å²) < 4.78 is 35.6. The van der Waals surface area contributed by atoms with E-state index in [4.69, 9.17) is 5.84 Å². The molecule has 0 aromatic rings. The van der Waals surface area contributed by atoms with E-state index in [2.05, 4.69) is 5.43 Å². The summed E-state index contributed by atoms with van der Waals surface area (Å²) in [6, 6.07) is -0.157. The van der Waals surface area contributed by atoms with Gasteiger partial charge in [0.05, 0.1) is 0 Å². The Morgan fingerprint density at radius 2 is 2.00 bits per heavy atom. The Morgan fingerprint density at radius 1 is 1.38 bits per heavy atom. The van der Waals surface area contributed by atoms with Crippen LogP contribution in [0.15, 0.2) is 0 Å². The van der Waals surface area contributed by atoms with Gasteiger partial charge < -0.3 is 0 Å². The second-order valence-corrected chi connectivity index (χ2v) is 3.62. The van der Waals surface area contributed by atoms with E-state index in [9.17, 15) is 13.2 Å². The van der Waals surface area contributed by atoms with Crippen molar-refractivity contribution in [3.05, 3.63) is 0 Å². The normalized spacial score (nSPS) is 21.2. The largest absolute Gasteiger partial charge is 0.389 e. The smallest absolute Gasteiger partial charge is 0.271 e. The van der Waals surface area contributed by atoms with Gasteiger partial charge in [0.25, 0.3) is 0 Å². The molecule has 0 aromatic carbocycles. The number of hydrogen-bond donors (Lipinski definition) is 2. The number of alkyl halides is 3. The fourth-order valence-corrected chi connectivity index (χ4v) is 1.62. The molecule has 1 aliphatic rings. The highest BCUT2D eigenvalue weighted by Crippen LogP contribution is 2.33. The molecule has 13 heavy (non-hydrogen) atoms. The van der Waals surface area contributed by atoms with Gasteiger partial charge >= 0.3 is 6.18 Å². The van der Waals surface area contributed by atoms with Crippen LogP contribution in [0.1, 0.15) is 32.1 Å². The van der Waals surface area contributed by atoms with Crippen LogP contribution < -0.4 is 11.3 Å². The molecule has 1 aliphatic carbocycles. The maximum atomic E-state index is 11.9. The van der Waals surface area contributed by atoms with Gasteiger partial charge in [-0.05, 0) is 25.2 Å². The Balaban J connectivity index is 2.23. The lowest BCUT2D eigenvalue weighted by Crippen LogP contribution is -2.44. The summed E-state index contributed by atoms with van der Waals surface area (Å²) in [4.78, 5) is 0. The van der Waals surface area contributed by atoms with Crippen LogP contribution >= 0.6 is 0 Å². The highest BCUT2D eigenvalue weighted by molar-refractivity contribution is 4.81. The van der Waals surface area contributed by atoms with Crippen LogP contribution in [0.3, 0.4) is 0 Å².